The van der Waals surface area contributed by atoms with Crippen LogP contribution in [0, 0.1) is 6.92 Å². The van der Waals surface area contributed by atoms with Crippen molar-refractivity contribution in [1.29, 1.82) is 0 Å². The van der Waals surface area contributed by atoms with Gasteiger partial charge in [-0.25, -0.2) is 0 Å². The molecule has 58 valence electrons. The van der Waals surface area contributed by atoms with Crippen molar-refractivity contribution in [3.05, 3.63) is 28.8 Å². The van der Waals surface area contributed by atoms with Gasteiger partial charge in [0, 0.05) is 10.6 Å². The van der Waals surface area contributed by atoms with Gasteiger partial charge in [0.15, 0.2) is 5.30 Å². The quantitative estimate of drug-likeness (QED) is 0.625. The van der Waals surface area contributed by atoms with Crippen molar-refractivity contribution in [3.63, 3.8) is 0 Å². The van der Waals surface area contributed by atoms with Crippen LogP contribution in [-0.4, -0.2) is 0 Å². The van der Waals surface area contributed by atoms with E-state index in [1.807, 2.05) is 0 Å². The van der Waals surface area contributed by atoms with Gasteiger partial charge in [0.2, 0.25) is 0 Å². The second-order valence-corrected chi connectivity index (χ2v) is 3.54. The minimum absolute atomic E-state index is 0.299. The standard InChI is InChI=1S/C7H6ClO2P/c1-5-6(8)3-2-4-7(5)11(9)10/h2-4H,1H3. The highest BCUT2D eigenvalue weighted by molar-refractivity contribution is 7.46. The van der Waals surface area contributed by atoms with E-state index in [2.05, 4.69) is 0 Å². The summed E-state index contributed by atoms with van der Waals surface area (Å²) in [5.41, 5.74) is 0.616. The summed E-state index contributed by atoms with van der Waals surface area (Å²) >= 11 is 5.69. The summed E-state index contributed by atoms with van der Waals surface area (Å²) < 4.78 is 10.6. The second-order valence-electron chi connectivity index (χ2n) is 2.14. The predicted molar refractivity (Wildman–Crippen MR) is 43.4 cm³/mol. The smallest absolute Gasteiger partial charge is 0.349 e. The first-order valence-electron chi connectivity index (χ1n) is 3.02. The third kappa shape index (κ3) is 1.78. The molecule has 1 aromatic rings. The Morgan fingerprint density at radius 1 is 1.55 bits per heavy atom. The molecule has 0 spiro atoms. The van der Waals surface area contributed by atoms with E-state index < -0.39 is 8.03 Å². The van der Waals surface area contributed by atoms with Crippen LogP contribution in [0.3, 0.4) is 0 Å². The zero-order chi connectivity index (χ0) is 8.43. The molecule has 1 aromatic carbocycles. The van der Waals surface area contributed by atoms with Gasteiger partial charge in [-0.05, 0) is 19.1 Å². The van der Waals surface area contributed by atoms with Crippen LogP contribution in [0.4, 0.5) is 0 Å². The van der Waals surface area contributed by atoms with Crippen molar-refractivity contribution < 1.29 is 9.46 Å². The highest BCUT2D eigenvalue weighted by Gasteiger charge is 2.12. The number of halogens is 1. The van der Waals surface area contributed by atoms with E-state index in [9.17, 15) is 9.46 Å². The maximum atomic E-state index is 10.6. The van der Waals surface area contributed by atoms with E-state index in [1.165, 1.54) is 6.07 Å². The minimum atomic E-state index is -2.52. The molecular formula is C7H6ClO2P. The molecular weight excluding hydrogens is 183 g/mol. The van der Waals surface area contributed by atoms with Gasteiger partial charge in [0.25, 0.3) is 0 Å². The van der Waals surface area contributed by atoms with Crippen molar-refractivity contribution >= 4 is 24.9 Å². The Morgan fingerprint density at radius 2 is 2.18 bits per heavy atom. The van der Waals surface area contributed by atoms with Crippen molar-refractivity contribution in [3.8, 4) is 0 Å². The lowest BCUT2D eigenvalue weighted by Gasteiger charge is -1.97. The van der Waals surface area contributed by atoms with Gasteiger partial charge in [-0.1, -0.05) is 22.2 Å². The average Bonchev–Trinajstić information content (AvgIpc) is 1.94. The van der Waals surface area contributed by atoms with E-state index >= 15 is 0 Å². The third-order valence-electron chi connectivity index (χ3n) is 1.44. The zero-order valence-electron chi connectivity index (χ0n) is 5.87. The fraction of sp³-hybridized carbons (Fsp3) is 0.143. The third-order valence-corrected chi connectivity index (χ3v) is 2.72. The molecule has 0 aliphatic rings. The van der Waals surface area contributed by atoms with Gasteiger partial charge in [0.05, 0.1) is 0 Å². The van der Waals surface area contributed by atoms with E-state index in [4.69, 9.17) is 11.6 Å². The van der Waals surface area contributed by atoms with Gasteiger partial charge in [-0.3, -0.25) is 0 Å². The SMILES string of the molecule is Cc1c(Cl)cccc1[P+](=O)[O-]. The van der Waals surface area contributed by atoms with Crippen LogP contribution in [0.15, 0.2) is 18.2 Å². The molecule has 0 fully saturated rings. The monoisotopic (exact) mass is 188 g/mol. The lowest BCUT2D eigenvalue weighted by atomic mass is 10.2. The fourth-order valence-corrected chi connectivity index (χ4v) is 1.64. The van der Waals surface area contributed by atoms with Gasteiger partial charge in [0.1, 0.15) is 0 Å². The summed E-state index contributed by atoms with van der Waals surface area (Å²) in [6, 6.07) is 4.82. The molecule has 1 unspecified atom stereocenters. The summed E-state index contributed by atoms with van der Waals surface area (Å²) in [4.78, 5) is 10.6. The normalized spacial score (nSPS) is 11.4. The minimum Gasteiger partial charge on any atom is -0.591 e. The maximum absolute atomic E-state index is 10.6. The van der Waals surface area contributed by atoms with E-state index in [0.717, 1.165) is 0 Å². The molecule has 0 heterocycles. The first-order valence-corrected chi connectivity index (χ1v) is 4.58. The molecule has 0 N–H and O–H groups in total. The van der Waals surface area contributed by atoms with Crippen molar-refractivity contribution in [2.45, 2.75) is 6.92 Å². The Balaban J connectivity index is 3.27. The Hall–Kier alpha value is -0.430. The van der Waals surface area contributed by atoms with Crippen LogP contribution >= 0.6 is 19.6 Å². The Kier molecular flexibility index (Phi) is 2.61. The molecule has 0 aromatic heterocycles. The molecule has 0 saturated heterocycles. The summed E-state index contributed by atoms with van der Waals surface area (Å²) in [5, 5.41) is 0.786. The molecule has 1 atom stereocenters. The molecule has 0 radical (unpaired) electrons. The van der Waals surface area contributed by atoms with Crippen LogP contribution in [-0.2, 0) is 4.57 Å². The van der Waals surface area contributed by atoms with Gasteiger partial charge in [-0.2, -0.15) is 0 Å². The highest BCUT2D eigenvalue weighted by Crippen LogP contribution is 2.18. The number of rotatable bonds is 1. The molecule has 0 aliphatic heterocycles. The molecule has 1 rings (SSSR count). The summed E-state index contributed by atoms with van der Waals surface area (Å²) in [6.45, 7) is 1.68. The molecule has 0 saturated carbocycles. The number of benzene rings is 1. The van der Waals surface area contributed by atoms with Crippen molar-refractivity contribution in [2.75, 3.05) is 0 Å². The number of hydrogen-bond acceptors (Lipinski definition) is 2. The van der Waals surface area contributed by atoms with Crippen LogP contribution in [0.2, 0.25) is 5.02 Å². The lowest BCUT2D eigenvalue weighted by Crippen LogP contribution is -2.07. The van der Waals surface area contributed by atoms with Gasteiger partial charge in [-0.15, -0.1) is 0 Å². The fourth-order valence-electron chi connectivity index (χ4n) is 0.794. The average molecular weight is 189 g/mol. The maximum Gasteiger partial charge on any atom is 0.349 e. The van der Waals surface area contributed by atoms with Gasteiger partial charge < -0.3 is 4.89 Å². The largest absolute Gasteiger partial charge is 0.591 e. The Labute approximate surface area is 70.7 Å². The molecule has 0 amide bonds. The van der Waals surface area contributed by atoms with Crippen LogP contribution in [0.25, 0.3) is 0 Å². The van der Waals surface area contributed by atoms with Crippen LogP contribution in [0.5, 0.6) is 0 Å². The van der Waals surface area contributed by atoms with Crippen molar-refractivity contribution in [2.24, 2.45) is 0 Å². The zero-order valence-corrected chi connectivity index (χ0v) is 7.52. The van der Waals surface area contributed by atoms with Crippen LogP contribution < -0.4 is 10.2 Å². The molecule has 0 aliphatic carbocycles. The van der Waals surface area contributed by atoms with Crippen molar-refractivity contribution in [1.82, 2.24) is 0 Å². The predicted octanol–water partition coefficient (Wildman–Crippen LogP) is 1.38. The highest BCUT2D eigenvalue weighted by atomic mass is 35.5. The summed E-state index contributed by atoms with van der Waals surface area (Å²) in [6.07, 6.45) is 0. The molecule has 4 heteroatoms. The van der Waals surface area contributed by atoms with Crippen LogP contribution in [0.1, 0.15) is 5.56 Å². The lowest BCUT2D eigenvalue weighted by molar-refractivity contribution is -0.160. The number of hydrogen-bond donors (Lipinski definition) is 0. The molecule has 11 heavy (non-hydrogen) atoms. The van der Waals surface area contributed by atoms with E-state index in [0.29, 0.717) is 15.9 Å². The first kappa shape index (κ1) is 8.66. The topological polar surface area (TPSA) is 40.1 Å². The summed E-state index contributed by atoms with van der Waals surface area (Å²) in [5.74, 6) is 0. The van der Waals surface area contributed by atoms with Gasteiger partial charge >= 0.3 is 8.03 Å². The van der Waals surface area contributed by atoms with E-state index in [1.54, 1.807) is 19.1 Å². The second kappa shape index (κ2) is 3.31. The molecule has 0 bridgehead atoms. The summed E-state index contributed by atoms with van der Waals surface area (Å²) in [7, 11) is -2.52. The molecule has 2 nitrogen and oxygen atoms in total. The first-order chi connectivity index (χ1) is 5.13. The Bertz CT molecular complexity index is 298. The van der Waals surface area contributed by atoms with E-state index in [-0.39, 0.29) is 0 Å². The Morgan fingerprint density at radius 3 is 2.64 bits per heavy atom.